The smallest absolute Gasteiger partial charge is 0.224 e. The molecule has 0 fully saturated rings. The highest BCUT2D eigenvalue weighted by Gasteiger charge is 2.17. The number of aromatic nitrogens is 2. The first-order valence-electron chi connectivity index (χ1n) is 6.77. The maximum absolute atomic E-state index is 6.23. The molecular weight excluding hydrogens is 307 g/mol. The quantitative estimate of drug-likeness (QED) is 0.884. The third-order valence-corrected chi connectivity index (χ3v) is 3.81. The van der Waals surface area contributed by atoms with E-state index in [4.69, 9.17) is 23.2 Å². The number of anilines is 2. The van der Waals surface area contributed by atoms with Crippen LogP contribution >= 0.6 is 23.2 Å². The normalized spacial score (nSPS) is 12.0. The number of nitrogens with zero attached hydrogens (tertiary/aromatic N) is 3. The standard InChI is InChI=1S/C15H18Cl2N4/c1-4-18-15-19-9-13(17)14(20-15)21(3)10(2)11-6-5-7-12(16)8-11/h5-10H,4H2,1-3H3,(H,18,19,20). The van der Waals surface area contributed by atoms with Gasteiger partial charge in [0.25, 0.3) is 0 Å². The van der Waals surface area contributed by atoms with Crippen LogP contribution in [0.4, 0.5) is 11.8 Å². The van der Waals surface area contributed by atoms with Crippen LogP contribution in [-0.2, 0) is 0 Å². The minimum absolute atomic E-state index is 0.0885. The number of hydrogen-bond donors (Lipinski definition) is 1. The first-order valence-corrected chi connectivity index (χ1v) is 7.53. The lowest BCUT2D eigenvalue weighted by atomic mass is 10.1. The fraction of sp³-hybridized carbons (Fsp3) is 0.333. The zero-order valence-corrected chi connectivity index (χ0v) is 13.8. The molecule has 1 unspecified atom stereocenters. The van der Waals surface area contributed by atoms with Crippen LogP contribution in [0, 0.1) is 0 Å². The SMILES string of the molecule is CCNc1ncc(Cl)c(N(C)C(C)c2cccc(Cl)c2)n1. The van der Waals surface area contributed by atoms with Gasteiger partial charge in [0, 0.05) is 18.6 Å². The molecule has 1 N–H and O–H groups in total. The van der Waals surface area contributed by atoms with Crippen LogP contribution in [0.15, 0.2) is 30.5 Å². The second-order valence-electron chi connectivity index (χ2n) is 4.74. The van der Waals surface area contributed by atoms with Crippen LogP contribution in [-0.4, -0.2) is 23.6 Å². The Kier molecular flexibility index (Phi) is 5.26. The van der Waals surface area contributed by atoms with Gasteiger partial charge >= 0.3 is 0 Å². The molecule has 0 bridgehead atoms. The summed E-state index contributed by atoms with van der Waals surface area (Å²) in [5, 5.41) is 4.33. The fourth-order valence-corrected chi connectivity index (χ4v) is 2.45. The summed E-state index contributed by atoms with van der Waals surface area (Å²) in [6.07, 6.45) is 1.61. The molecule has 1 aromatic carbocycles. The summed E-state index contributed by atoms with van der Waals surface area (Å²) in [6.45, 7) is 4.83. The molecule has 1 atom stereocenters. The van der Waals surface area contributed by atoms with Crippen molar-refractivity contribution < 1.29 is 0 Å². The summed E-state index contributed by atoms with van der Waals surface area (Å²) in [7, 11) is 1.95. The highest BCUT2D eigenvalue weighted by atomic mass is 35.5. The zero-order chi connectivity index (χ0) is 15.4. The lowest BCUT2D eigenvalue weighted by Crippen LogP contribution is -2.23. The zero-order valence-electron chi connectivity index (χ0n) is 12.3. The highest BCUT2D eigenvalue weighted by Crippen LogP contribution is 2.30. The number of hydrogen-bond acceptors (Lipinski definition) is 4. The molecule has 0 saturated carbocycles. The van der Waals surface area contributed by atoms with Gasteiger partial charge in [-0.25, -0.2) is 4.98 Å². The Morgan fingerprint density at radius 1 is 1.33 bits per heavy atom. The lowest BCUT2D eigenvalue weighted by molar-refractivity contribution is 0.727. The van der Waals surface area contributed by atoms with E-state index < -0.39 is 0 Å². The second kappa shape index (κ2) is 6.96. The summed E-state index contributed by atoms with van der Waals surface area (Å²) in [6, 6.07) is 7.87. The molecule has 0 spiro atoms. The van der Waals surface area contributed by atoms with E-state index in [-0.39, 0.29) is 6.04 Å². The van der Waals surface area contributed by atoms with Crippen molar-refractivity contribution in [1.82, 2.24) is 9.97 Å². The van der Waals surface area contributed by atoms with Crippen LogP contribution in [0.1, 0.15) is 25.5 Å². The summed E-state index contributed by atoms with van der Waals surface area (Å²) in [5.41, 5.74) is 1.10. The minimum Gasteiger partial charge on any atom is -0.354 e. The maximum Gasteiger partial charge on any atom is 0.224 e. The summed E-state index contributed by atoms with van der Waals surface area (Å²) < 4.78 is 0. The molecule has 0 aliphatic rings. The van der Waals surface area contributed by atoms with Crippen LogP contribution < -0.4 is 10.2 Å². The van der Waals surface area contributed by atoms with Crippen molar-refractivity contribution in [3.63, 3.8) is 0 Å². The largest absolute Gasteiger partial charge is 0.354 e. The highest BCUT2D eigenvalue weighted by molar-refractivity contribution is 6.32. The van der Waals surface area contributed by atoms with Crippen molar-refractivity contribution in [3.05, 3.63) is 46.1 Å². The molecule has 0 aliphatic carbocycles. The van der Waals surface area contributed by atoms with Gasteiger partial charge in [-0.15, -0.1) is 0 Å². The third-order valence-electron chi connectivity index (χ3n) is 3.31. The van der Waals surface area contributed by atoms with E-state index in [1.54, 1.807) is 6.20 Å². The average molecular weight is 325 g/mol. The summed E-state index contributed by atoms with van der Waals surface area (Å²) in [4.78, 5) is 10.6. The van der Waals surface area contributed by atoms with Gasteiger partial charge in [0.15, 0.2) is 5.82 Å². The van der Waals surface area contributed by atoms with Crippen molar-refractivity contribution in [2.24, 2.45) is 0 Å². The fourth-order valence-electron chi connectivity index (χ4n) is 2.02. The molecule has 2 rings (SSSR count). The number of halogens is 2. The van der Waals surface area contributed by atoms with Gasteiger partial charge in [-0.2, -0.15) is 4.98 Å². The van der Waals surface area contributed by atoms with Gasteiger partial charge < -0.3 is 10.2 Å². The molecule has 1 aromatic heterocycles. The van der Waals surface area contributed by atoms with Gasteiger partial charge in [-0.05, 0) is 31.5 Å². The van der Waals surface area contributed by atoms with Crippen LogP contribution in [0.5, 0.6) is 0 Å². The molecule has 1 heterocycles. The van der Waals surface area contributed by atoms with E-state index in [0.717, 1.165) is 17.1 Å². The van der Waals surface area contributed by atoms with Gasteiger partial charge in [-0.1, -0.05) is 35.3 Å². The van der Waals surface area contributed by atoms with Gasteiger partial charge in [0.2, 0.25) is 5.95 Å². The van der Waals surface area contributed by atoms with Crippen molar-refractivity contribution in [1.29, 1.82) is 0 Å². The van der Waals surface area contributed by atoms with E-state index in [1.165, 1.54) is 0 Å². The van der Waals surface area contributed by atoms with Crippen LogP contribution in [0.25, 0.3) is 0 Å². The summed E-state index contributed by atoms with van der Waals surface area (Å²) in [5.74, 6) is 1.26. The Hall–Kier alpha value is -1.52. The van der Waals surface area contributed by atoms with Crippen LogP contribution in [0.3, 0.4) is 0 Å². The molecule has 21 heavy (non-hydrogen) atoms. The molecule has 0 radical (unpaired) electrons. The predicted molar refractivity (Wildman–Crippen MR) is 89.5 cm³/mol. The first kappa shape index (κ1) is 15.9. The van der Waals surface area contributed by atoms with E-state index in [0.29, 0.717) is 16.8 Å². The predicted octanol–water partition coefficient (Wildman–Crippen LogP) is 4.41. The topological polar surface area (TPSA) is 41.1 Å². The van der Waals surface area contributed by atoms with Crippen molar-refractivity contribution in [2.75, 3.05) is 23.8 Å². The molecule has 0 aliphatic heterocycles. The lowest BCUT2D eigenvalue weighted by Gasteiger charge is -2.27. The Bertz CT molecular complexity index is 618. The minimum atomic E-state index is 0.0885. The van der Waals surface area contributed by atoms with Crippen molar-refractivity contribution in [3.8, 4) is 0 Å². The van der Waals surface area contributed by atoms with Crippen LogP contribution in [0.2, 0.25) is 10.0 Å². The Morgan fingerprint density at radius 2 is 2.10 bits per heavy atom. The molecule has 2 aromatic rings. The van der Waals surface area contributed by atoms with E-state index in [1.807, 2.05) is 43.1 Å². The number of nitrogens with one attached hydrogen (secondary N) is 1. The molecule has 0 amide bonds. The van der Waals surface area contributed by atoms with Gasteiger partial charge in [0.1, 0.15) is 5.02 Å². The number of benzene rings is 1. The van der Waals surface area contributed by atoms with E-state index >= 15 is 0 Å². The Balaban J connectivity index is 2.30. The molecule has 6 heteroatoms. The molecule has 4 nitrogen and oxygen atoms in total. The molecule has 112 valence electrons. The Labute approximate surface area is 135 Å². The Morgan fingerprint density at radius 3 is 2.76 bits per heavy atom. The van der Waals surface area contributed by atoms with Crippen molar-refractivity contribution in [2.45, 2.75) is 19.9 Å². The second-order valence-corrected chi connectivity index (χ2v) is 5.58. The number of rotatable bonds is 5. The third kappa shape index (κ3) is 3.77. The maximum atomic E-state index is 6.23. The molecular formula is C15H18Cl2N4. The average Bonchev–Trinajstić information content (AvgIpc) is 2.48. The first-order chi connectivity index (χ1) is 10.0. The van der Waals surface area contributed by atoms with E-state index in [9.17, 15) is 0 Å². The van der Waals surface area contributed by atoms with Gasteiger partial charge in [0.05, 0.1) is 12.2 Å². The van der Waals surface area contributed by atoms with Gasteiger partial charge in [-0.3, -0.25) is 0 Å². The van der Waals surface area contributed by atoms with E-state index in [2.05, 4.69) is 22.2 Å². The monoisotopic (exact) mass is 324 g/mol. The summed E-state index contributed by atoms with van der Waals surface area (Å²) >= 11 is 12.3. The molecule has 0 saturated heterocycles. The van der Waals surface area contributed by atoms with Crippen molar-refractivity contribution >= 4 is 35.0 Å².